The Labute approximate surface area is 167 Å². The van der Waals surface area contributed by atoms with Gasteiger partial charge in [-0.3, -0.25) is 4.79 Å². The normalized spacial score (nSPS) is 17.7. The van der Waals surface area contributed by atoms with Gasteiger partial charge in [-0.15, -0.1) is 0 Å². The van der Waals surface area contributed by atoms with Crippen molar-refractivity contribution < 1.29 is 9.18 Å². The predicted molar refractivity (Wildman–Crippen MR) is 111 cm³/mol. The van der Waals surface area contributed by atoms with E-state index in [1.807, 2.05) is 51.0 Å². The van der Waals surface area contributed by atoms with Crippen LogP contribution in [-0.2, 0) is 13.5 Å². The Morgan fingerprint density at radius 2 is 1.96 bits per heavy atom. The molecule has 2 heterocycles. The summed E-state index contributed by atoms with van der Waals surface area (Å²) in [5.41, 5.74) is 4.12. The van der Waals surface area contributed by atoms with E-state index < -0.39 is 0 Å². The topological polar surface area (TPSA) is 28.5 Å². The lowest BCUT2D eigenvalue weighted by atomic mass is 9.96. The molecule has 1 amide bonds. The average molecular weight is 386 g/mol. The number of hydrogen-bond acceptors (Lipinski definition) is 2. The number of rotatable bonds is 6. The fraction of sp³-hybridized carbons (Fsp3) is 0.522. The van der Waals surface area contributed by atoms with Crippen molar-refractivity contribution in [3.63, 3.8) is 0 Å². The standard InChI is InChI=1S/C23H32FN3O/c1-17-14-22(18(2)26(17)4)23(28)25(3)15-20-6-5-12-27(16-20)13-11-19-7-9-21(24)10-8-19/h7-10,14,20H,5-6,11-13,15-16H2,1-4H3. The van der Waals surface area contributed by atoms with Gasteiger partial charge in [-0.25, -0.2) is 4.39 Å². The third-order valence-corrected chi connectivity index (χ3v) is 6.12. The van der Waals surface area contributed by atoms with Gasteiger partial charge in [0.2, 0.25) is 0 Å². The molecule has 2 aromatic rings. The van der Waals surface area contributed by atoms with E-state index in [0.29, 0.717) is 5.92 Å². The van der Waals surface area contributed by atoms with Crippen LogP contribution in [0.1, 0.15) is 40.2 Å². The maximum Gasteiger partial charge on any atom is 0.255 e. The van der Waals surface area contributed by atoms with Crippen molar-refractivity contribution in [3.8, 4) is 0 Å². The Morgan fingerprint density at radius 3 is 2.61 bits per heavy atom. The number of carbonyl (C=O) groups is 1. The number of benzene rings is 1. The van der Waals surface area contributed by atoms with Gasteiger partial charge in [0.15, 0.2) is 0 Å². The zero-order valence-electron chi connectivity index (χ0n) is 17.5. The second-order valence-electron chi connectivity index (χ2n) is 8.21. The van der Waals surface area contributed by atoms with Crippen molar-refractivity contribution >= 4 is 5.91 Å². The van der Waals surface area contributed by atoms with Gasteiger partial charge >= 0.3 is 0 Å². The molecule has 28 heavy (non-hydrogen) atoms. The first-order valence-electron chi connectivity index (χ1n) is 10.2. The number of carbonyl (C=O) groups excluding carboxylic acids is 1. The fourth-order valence-electron chi connectivity index (χ4n) is 4.19. The van der Waals surface area contributed by atoms with E-state index in [0.717, 1.165) is 56.0 Å². The third kappa shape index (κ3) is 4.82. The second kappa shape index (κ2) is 8.91. The first-order chi connectivity index (χ1) is 13.3. The summed E-state index contributed by atoms with van der Waals surface area (Å²) in [5.74, 6) is 0.434. The lowest BCUT2D eigenvalue weighted by molar-refractivity contribution is 0.0729. The van der Waals surface area contributed by atoms with Gasteiger partial charge in [-0.2, -0.15) is 0 Å². The maximum absolute atomic E-state index is 13.0. The van der Waals surface area contributed by atoms with Gasteiger partial charge in [0.25, 0.3) is 5.91 Å². The van der Waals surface area contributed by atoms with Crippen LogP contribution < -0.4 is 0 Å². The molecule has 0 spiro atoms. The Bertz CT molecular complexity index is 812. The molecule has 1 fully saturated rings. The van der Waals surface area contributed by atoms with Gasteiger partial charge in [0.1, 0.15) is 5.82 Å². The summed E-state index contributed by atoms with van der Waals surface area (Å²) in [7, 11) is 3.92. The molecule has 0 radical (unpaired) electrons. The van der Waals surface area contributed by atoms with Crippen LogP contribution in [0, 0.1) is 25.6 Å². The Kier molecular flexibility index (Phi) is 6.55. The molecule has 152 valence electrons. The Hall–Kier alpha value is -2.14. The minimum atomic E-state index is -0.182. The van der Waals surface area contributed by atoms with E-state index in [2.05, 4.69) is 9.47 Å². The molecule has 1 saturated heterocycles. The number of aryl methyl sites for hydroxylation is 1. The van der Waals surface area contributed by atoms with Crippen LogP contribution >= 0.6 is 0 Å². The van der Waals surface area contributed by atoms with Crippen molar-refractivity contribution in [1.82, 2.24) is 14.4 Å². The average Bonchev–Trinajstić information content (AvgIpc) is 2.94. The summed E-state index contributed by atoms with van der Waals surface area (Å²) in [6.07, 6.45) is 3.27. The summed E-state index contributed by atoms with van der Waals surface area (Å²) in [4.78, 5) is 17.3. The third-order valence-electron chi connectivity index (χ3n) is 6.12. The molecule has 5 heteroatoms. The van der Waals surface area contributed by atoms with E-state index in [1.165, 1.54) is 24.1 Å². The van der Waals surface area contributed by atoms with Crippen LogP contribution in [0.25, 0.3) is 0 Å². The van der Waals surface area contributed by atoms with Crippen molar-refractivity contribution in [2.24, 2.45) is 13.0 Å². The van der Waals surface area contributed by atoms with Crippen molar-refractivity contribution in [2.75, 3.05) is 33.2 Å². The molecule has 4 nitrogen and oxygen atoms in total. The van der Waals surface area contributed by atoms with Gasteiger partial charge in [0.05, 0.1) is 5.56 Å². The first-order valence-corrected chi connectivity index (χ1v) is 10.2. The van der Waals surface area contributed by atoms with E-state index >= 15 is 0 Å². The number of likely N-dealkylation sites (tertiary alicyclic amines) is 1. The SMILES string of the molecule is Cc1cc(C(=O)N(C)CC2CCCN(CCc3ccc(F)cc3)C2)c(C)n1C. The fourth-order valence-corrected chi connectivity index (χ4v) is 4.19. The molecular formula is C23H32FN3O. The highest BCUT2D eigenvalue weighted by molar-refractivity contribution is 5.95. The van der Waals surface area contributed by atoms with Gasteiger partial charge in [-0.1, -0.05) is 12.1 Å². The summed E-state index contributed by atoms with van der Waals surface area (Å²) < 4.78 is 15.1. The van der Waals surface area contributed by atoms with Gasteiger partial charge in [-0.05, 0) is 69.3 Å². The number of nitrogens with zero attached hydrogens (tertiary/aromatic N) is 3. The molecule has 3 rings (SSSR count). The summed E-state index contributed by atoms with van der Waals surface area (Å²) in [5, 5.41) is 0. The molecule has 0 bridgehead atoms. The highest BCUT2D eigenvalue weighted by atomic mass is 19.1. The van der Waals surface area contributed by atoms with Gasteiger partial charge in [0, 0.05) is 45.1 Å². The molecule has 0 N–H and O–H groups in total. The first kappa shape index (κ1) is 20.6. The van der Waals surface area contributed by atoms with E-state index in [-0.39, 0.29) is 11.7 Å². The van der Waals surface area contributed by atoms with Gasteiger partial charge < -0.3 is 14.4 Å². The van der Waals surface area contributed by atoms with Crippen LogP contribution in [-0.4, -0.2) is 53.5 Å². The second-order valence-corrected chi connectivity index (χ2v) is 8.21. The monoisotopic (exact) mass is 385 g/mol. The quantitative estimate of drug-likeness (QED) is 0.757. The number of hydrogen-bond donors (Lipinski definition) is 0. The highest BCUT2D eigenvalue weighted by Gasteiger charge is 2.24. The molecule has 1 aromatic carbocycles. The van der Waals surface area contributed by atoms with Crippen LogP contribution in [0.15, 0.2) is 30.3 Å². The molecule has 1 unspecified atom stereocenters. The van der Waals surface area contributed by atoms with Crippen molar-refractivity contribution in [2.45, 2.75) is 33.1 Å². The lowest BCUT2D eigenvalue weighted by Crippen LogP contribution is -2.42. The van der Waals surface area contributed by atoms with E-state index in [1.54, 1.807) is 0 Å². The zero-order chi connectivity index (χ0) is 20.3. The zero-order valence-corrected chi connectivity index (χ0v) is 17.5. The summed E-state index contributed by atoms with van der Waals surface area (Å²) in [6.45, 7) is 7.93. The van der Waals surface area contributed by atoms with Crippen LogP contribution in [0.5, 0.6) is 0 Å². The smallest absolute Gasteiger partial charge is 0.255 e. The lowest BCUT2D eigenvalue weighted by Gasteiger charge is -2.34. The minimum Gasteiger partial charge on any atom is -0.351 e. The molecule has 1 atom stereocenters. The van der Waals surface area contributed by atoms with E-state index in [9.17, 15) is 9.18 Å². The molecule has 0 aliphatic carbocycles. The minimum absolute atomic E-state index is 0.115. The number of aromatic nitrogens is 1. The number of amides is 1. The Morgan fingerprint density at radius 1 is 1.25 bits per heavy atom. The molecule has 1 aromatic heterocycles. The Balaban J connectivity index is 1.53. The predicted octanol–water partition coefficient (Wildman–Crippen LogP) is 3.81. The van der Waals surface area contributed by atoms with Crippen molar-refractivity contribution in [1.29, 1.82) is 0 Å². The molecule has 1 aliphatic rings. The highest BCUT2D eigenvalue weighted by Crippen LogP contribution is 2.20. The molecule has 0 saturated carbocycles. The number of piperidine rings is 1. The molecular weight excluding hydrogens is 353 g/mol. The van der Waals surface area contributed by atoms with E-state index in [4.69, 9.17) is 0 Å². The van der Waals surface area contributed by atoms with Crippen molar-refractivity contribution in [3.05, 3.63) is 58.7 Å². The molecule has 1 aliphatic heterocycles. The maximum atomic E-state index is 13.0. The van der Waals surface area contributed by atoms with Crippen LogP contribution in [0.3, 0.4) is 0 Å². The largest absolute Gasteiger partial charge is 0.351 e. The summed E-state index contributed by atoms with van der Waals surface area (Å²) >= 11 is 0. The number of halogens is 1. The summed E-state index contributed by atoms with van der Waals surface area (Å²) in [6, 6.07) is 8.79. The van der Waals surface area contributed by atoms with Crippen LogP contribution in [0.2, 0.25) is 0 Å². The van der Waals surface area contributed by atoms with Crippen LogP contribution in [0.4, 0.5) is 4.39 Å².